The number of pyridine rings is 1. The maximum atomic E-state index is 5.66. The van der Waals surface area contributed by atoms with Crippen molar-refractivity contribution < 1.29 is 4.74 Å². The summed E-state index contributed by atoms with van der Waals surface area (Å²) >= 11 is 1.48. The summed E-state index contributed by atoms with van der Waals surface area (Å²) in [7, 11) is 1.64. The first-order valence-corrected chi connectivity index (χ1v) is 5.02. The average molecular weight is 210 g/mol. The highest BCUT2D eigenvalue weighted by Gasteiger charge is 2.04. The summed E-state index contributed by atoms with van der Waals surface area (Å²) in [6.07, 6.45) is 1.80. The second-order valence-corrected chi connectivity index (χ2v) is 3.61. The smallest absolute Gasteiger partial charge is 0.197 e. The molecule has 74 valence electrons. The van der Waals surface area contributed by atoms with Crippen molar-refractivity contribution in [2.45, 2.75) is 5.16 Å². The Morgan fingerprint density at radius 2 is 2.36 bits per heavy atom. The average Bonchev–Trinajstić information content (AvgIpc) is 2.57. The van der Waals surface area contributed by atoms with Crippen molar-refractivity contribution >= 4 is 23.1 Å². The lowest BCUT2D eigenvalue weighted by Gasteiger charge is -1.99. The molecule has 0 radical (unpaired) electrons. The highest BCUT2D eigenvalue weighted by molar-refractivity contribution is 7.99. The third-order valence-electron chi connectivity index (χ3n) is 1.70. The first-order chi connectivity index (χ1) is 6.81. The molecule has 0 bridgehead atoms. The molecule has 5 nitrogen and oxygen atoms in total. The van der Waals surface area contributed by atoms with Crippen LogP contribution in [0.5, 0.6) is 0 Å². The fourth-order valence-corrected chi connectivity index (χ4v) is 1.70. The van der Waals surface area contributed by atoms with Crippen LogP contribution in [-0.4, -0.2) is 27.6 Å². The molecule has 0 fully saturated rings. The number of nitrogen functional groups attached to an aromatic ring is 1. The molecule has 0 amide bonds. The van der Waals surface area contributed by atoms with E-state index in [1.807, 2.05) is 10.5 Å². The van der Waals surface area contributed by atoms with Crippen LogP contribution in [-0.2, 0) is 4.74 Å². The van der Waals surface area contributed by atoms with E-state index in [0.717, 1.165) is 10.8 Å². The van der Waals surface area contributed by atoms with E-state index in [0.29, 0.717) is 11.6 Å². The molecular weight excluding hydrogens is 200 g/mol. The number of rotatable bonds is 3. The molecule has 0 unspecified atom stereocenters. The summed E-state index contributed by atoms with van der Waals surface area (Å²) in [5.41, 5.74) is 7.14. The van der Waals surface area contributed by atoms with Crippen LogP contribution in [0, 0.1) is 0 Å². The van der Waals surface area contributed by atoms with Gasteiger partial charge in [-0.15, -0.1) is 10.2 Å². The van der Waals surface area contributed by atoms with E-state index >= 15 is 0 Å². The van der Waals surface area contributed by atoms with Gasteiger partial charge in [-0.3, -0.25) is 4.40 Å². The molecule has 0 aliphatic heterocycles. The van der Waals surface area contributed by atoms with E-state index in [4.69, 9.17) is 10.5 Å². The fraction of sp³-hybridized carbons (Fsp3) is 0.250. The van der Waals surface area contributed by atoms with Crippen LogP contribution >= 0.6 is 11.8 Å². The number of fused-ring (bicyclic) bond motifs is 1. The van der Waals surface area contributed by atoms with Crippen LogP contribution in [0.2, 0.25) is 0 Å². The van der Waals surface area contributed by atoms with Gasteiger partial charge in [-0.25, -0.2) is 0 Å². The predicted molar refractivity (Wildman–Crippen MR) is 55.1 cm³/mol. The van der Waals surface area contributed by atoms with Crippen molar-refractivity contribution in [2.75, 3.05) is 18.8 Å². The Morgan fingerprint density at radius 3 is 3.14 bits per heavy atom. The minimum atomic E-state index is 0.551. The predicted octanol–water partition coefficient (Wildman–Crippen LogP) is 1.01. The standard InChI is InChI=1S/C8H10N4OS/c1-13-5-14-8-11-10-7-3-2-6(9)4-12(7)8/h2-4H,5,9H2,1H3. The number of methoxy groups -OCH3 is 1. The van der Waals surface area contributed by atoms with Gasteiger partial charge >= 0.3 is 0 Å². The summed E-state index contributed by atoms with van der Waals surface area (Å²) in [4.78, 5) is 0. The molecule has 6 heteroatoms. The van der Waals surface area contributed by atoms with Crippen LogP contribution in [0.1, 0.15) is 0 Å². The molecule has 0 aromatic carbocycles. The van der Waals surface area contributed by atoms with Crippen molar-refractivity contribution in [1.82, 2.24) is 14.6 Å². The van der Waals surface area contributed by atoms with Crippen molar-refractivity contribution in [1.29, 1.82) is 0 Å². The Kier molecular flexibility index (Phi) is 2.55. The van der Waals surface area contributed by atoms with Gasteiger partial charge in [0, 0.05) is 19.0 Å². The highest BCUT2D eigenvalue weighted by atomic mass is 32.2. The molecule has 0 aliphatic carbocycles. The van der Waals surface area contributed by atoms with Gasteiger partial charge < -0.3 is 10.5 Å². The summed E-state index contributed by atoms with van der Waals surface area (Å²) in [5, 5.41) is 8.79. The third kappa shape index (κ3) is 1.66. The van der Waals surface area contributed by atoms with Crippen molar-refractivity contribution in [3.8, 4) is 0 Å². The molecule has 14 heavy (non-hydrogen) atoms. The Morgan fingerprint density at radius 1 is 1.50 bits per heavy atom. The number of nitrogens with two attached hydrogens (primary N) is 1. The topological polar surface area (TPSA) is 65.4 Å². The number of nitrogens with zero attached hydrogens (tertiary/aromatic N) is 3. The third-order valence-corrected chi connectivity index (χ3v) is 2.59. The second kappa shape index (κ2) is 3.85. The quantitative estimate of drug-likeness (QED) is 0.605. The molecule has 2 rings (SSSR count). The van der Waals surface area contributed by atoms with Gasteiger partial charge in [0.2, 0.25) is 0 Å². The van der Waals surface area contributed by atoms with E-state index < -0.39 is 0 Å². The van der Waals surface area contributed by atoms with Crippen LogP contribution < -0.4 is 5.73 Å². The maximum absolute atomic E-state index is 5.66. The lowest BCUT2D eigenvalue weighted by Crippen LogP contribution is -1.92. The number of aromatic nitrogens is 3. The van der Waals surface area contributed by atoms with Gasteiger partial charge in [0.1, 0.15) is 0 Å². The van der Waals surface area contributed by atoms with Gasteiger partial charge in [-0.1, -0.05) is 11.8 Å². The van der Waals surface area contributed by atoms with Gasteiger partial charge in [-0.2, -0.15) is 0 Å². The van der Waals surface area contributed by atoms with E-state index in [-0.39, 0.29) is 0 Å². The fourth-order valence-electron chi connectivity index (χ4n) is 1.10. The molecule has 2 heterocycles. The first kappa shape index (κ1) is 9.29. The summed E-state index contributed by atoms with van der Waals surface area (Å²) in [6, 6.07) is 3.63. The Bertz CT molecular complexity index is 442. The van der Waals surface area contributed by atoms with Crippen molar-refractivity contribution in [3.63, 3.8) is 0 Å². The van der Waals surface area contributed by atoms with Crippen LogP contribution in [0.4, 0.5) is 5.69 Å². The van der Waals surface area contributed by atoms with Gasteiger partial charge in [0.25, 0.3) is 0 Å². The van der Waals surface area contributed by atoms with Crippen LogP contribution in [0.3, 0.4) is 0 Å². The lowest BCUT2D eigenvalue weighted by molar-refractivity contribution is 0.258. The number of hydrogen-bond acceptors (Lipinski definition) is 5. The molecule has 0 saturated heterocycles. The van der Waals surface area contributed by atoms with E-state index in [2.05, 4.69) is 10.2 Å². The number of ether oxygens (including phenoxy) is 1. The zero-order valence-electron chi connectivity index (χ0n) is 7.67. The molecule has 2 N–H and O–H groups in total. The van der Waals surface area contributed by atoms with E-state index in [1.165, 1.54) is 11.8 Å². The van der Waals surface area contributed by atoms with Crippen molar-refractivity contribution in [2.24, 2.45) is 0 Å². The monoisotopic (exact) mass is 210 g/mol. The van der Waals surface area contributed by atoms with Gasteiger partial charge in [-0.05, 0) is 12.1 Å². The van der Waals surface area contributed by atoms with Crippen LogP contribution in [0.15, 0.2) is 23.5 Å². The second-order valence-electron chi connectivity index (χ2n) is 2.72. The Balaban J connectivity index is 2.40. The van der Waals surface area contributed by atoms with Crippen molar-refractivity contribution in [3.05, 3.63) is 18.3 Å². The highest BCUT2D eigenvalue weighted by Crippen LogP contribution is 2.17. The largest absolute Gasteiger partial charge is 0.398 e. The molecule has 0 aliphatic rings. The number of anilines is 1. The van der Waals surface area contributed by atoms with E-state index in [1.54, 1.807) is 19.4 Å². The molecule has 0 saturated carbocycles. The molecule has 2 aromatic rings. The molecular formula is C8H10N4OS. The number of thioether (sulfide) groups is 1. The Labute approximate surface area is 85.3 Å². The lowest BCUT2D eigenvalue weighted by atomic mass is 10.4. The zero-order chi connectivity index (χ0) is 9.97. The summed E-state index contributed by atoms with van der Waals surface area (Å²) in [5.74, 6) is 0.551. The first-order valence-electron chi connectivity index (χ1n) is 4.03. The molecule has 0 atom stereocenters. The number of hydrogen-bond donors (Lipinski definition) is 1. The van der Waals surface area contributed by atoms with Gasteiger partial charge in [0.15, 0.2) is 10.8 Å². The van der Waals surface area contributed by atoms with Crippen LogP contribution in [0.25, 0.3) is 5.65 Å². The molecule has 0 spiro atoms. The minimum absolute atomic E-state index is 0.551. The Hall–Kier alpha value is -1.27. The SMILES string of the molecule is COCSc1nnc2ccc(N)cn12. The van der Waals surface area contributed by atoms with E-state index in [9.17, 15) is 0 Å². The zero-order valence-corrected chi connectivity index (χ0v) is 8.49. The summed E-state index contributed by atoms with van der Waals surface area (Å²) in [6.45, 7) is 0. The summed E-state index contributed by atoms with van der Waals surface area (Å²) < 4.78 is 6.79. The normalized spacial score (nSPS) is 10.9. The van der Waals surface area contributed by atoms with Gasteiger partial charge in [0.05, 0.1) is 5.94 Å². The molecule has 2 aromatic heterocycles. The maximum Gasteiger partial charge on any atom is 0.197 e. The minimum Gasteiger partial charge on any atom is -0.398 e.